The van der Waals surface area contributed by atoms with Gasteiger partial charge in [0.2, 0.25) is 0 Å². The van der Waals surface area contributed by atoms with Crippen LogP contribution in [-0.4, -0.2) is 12.9 Å². The summed E-state index contributed by atoms with van der Waals surface area (Å²) >= 11 is 4.24. The van der Waals surface area contributed by atoms with E-state index >= 15 is 0 Å². The number of benzene rings is 1. The molecule has 1 aromatic rings. The quantitative estimate of drug-likeness (QED) is 0.792. The van der Waals surface area contributed by atoms with Crippen LogP contribution in [0.25, 0.3) is 0 Å². The van der Waals surface area contributed by atoms with Crippen LogP contribution in [0.4, 0.5) is 0 Å². The molecule has 0 spiro atoms. The lowest BCUT2D eigenvalue weighted by atomic mass is 9.91. The Morgan fingerprint density at radius 1 is 1.31 bits per heavy atom. The Balaban J connectivity index is 3.24. The molecule has 16 heavy (non-hydrogen) atoms. The van der Waals surface area contributed by atoms with Crippen molar-refractivity contribution in [3.05, 3.63) is 28.3 Å². The molecule has 2 N–H and O–H groups in total. The fourth-order valence-electron chi connectivity index (χ4n) is 2.13. The highest BCUT2D eigenvalue weighted by Gasteiger charge is 2.15. The third-order valence-corrected chi connectivity index (χ3v) is 3.40. The van der Waals surface area contributed by atoms with Gasteiger partial charge in [-0.1, -0.05) is 0 Å². The minimum atomic E-state index is 0.0714. The molecule has 0 saturated carbocycles. The molecule has 3 heteroatoms. The summed E-state index contributed by atoms with van der Waals surface area (Å²) in [5, 5.41) is 0. The number of ether oxygens (including phenoxy) is 1. The van der Waals surface area contributed by atoms with Crippen molar-refractivity contribution in [3.63, 3.8) is 0 Å². The molecule has 0 aliphatic carbocycles. The van der Waals surface area contributed by atoms with Gasteiger partial charge in [0.25, 0.3) is 0 Å². The van der Waals surface area contributed by atoms with Crippen molar-refractivity contribution < 1.29 is 4.74 Å². The molecule has 1 unspecified atom stereocenters. The molecule has 0 fully saturated rings. The first-order chi connectivity index (χ1) is 7.52. The molecule has 1 rings (SSSR count). The Morgan fingerprint density at radius 3 is 2.44 bits per heavy atom. The summed E-state index contributed by atoms with van der Waals surface area (Å²) in [4.78, 5) is 0. The molecular weight excluding hydrogens is 218 g/mol. The van der Waals surface area contributed by atoms with Gasteiger partial charge in [0.05, 0.1) is 7.11 Å². The van der Waals surface area contributed by atoms with Gasteiger partial charge in [-0.05, 0) is 61.3 Å². The lowest BCUT2D eigenvalue weighted by Gasteiger charge is -2.20. The van der Waals surface area contributed by atoms with E-state index in [0.29, 0.717) is 0 Å². The van der Waals surface area contributed by atoms with E-state index in [1.165, 1.54) is 22.3 Å². The first-order valence-corrected chi connectivity index (χ1v) is 6.17. The van der Waals surface area contributed by atoms with Gasteiger partial charge in [0.1, 0.15) is 5.75 Å². The molecule has 1 aromatic carbocycles. The lowest BCUT2D eigenvalue weighted by Crippen LogP contribution is -2.15. The third-order valence-electron chi connectivity index (χ3n) is 3.14. The maximum atomic E-state index is 6.18. The molecular formula is C13H21NOS. The minimum Gasteiger partial charge on any atom is -0.496 e. The Hall–Kier alpha value is -0.670. The fourth-order valence-corrected chi connectivity index (χ4v) is 2.41. The second-order valence-corrected chi connectivity index (χ2v) is 4.63. The number of hydrogen-bond donors (Lipinski definition) is 2. The predicted molar refractivity (Wildman–Crippen MR) is 72.6 cm³/mol. The van der Waals surface area contributed by atoms with Gasteiger partial charge < -0.3 is 10.5 Å². The zero-order valence-corrected chi connectivity index (χ0v) is 11.4. The number of rotatable bonds is 4. The maximum absolute atomic E-state index is 6.18. The Labute approximate surface area is 104 Å². The highest BCUT2D eigenvalue weighted by atomic mass is 32.1. The summed E-state index contributed by atoms with van der Waals surface area (Å²) in [6.07, 6.45) is 0.899. The summed E-state index contributed by atoms with van der Waals surface area (Å²) < 4.78 is 5.35. The summed E-state index contributed by atoms with van der Waals surface area (Å²) in [5.74, 6) is 1.75. The van der Waals surface area contributed by atoms with Crippen molar-refractivity contribution in [1.82, 2.24) is 0 Å². The van der Waals surface area contributed by atoms with E-state index in [1.807, 2.05) is 0 Å². The van der Waals surface area contributed by atoms with Crippen LogP contribution in [0.1, 0.15) is 34.7 Å². The maximum Gasteiger partial charge on any atom is 0.122 e. The number of nitrogens with two attached hydrogens (primary N) is 1. The van der Waals surface area contributed by atoms with Gasteiger partial charge in [0, 0.05) is 6.04 Å². The van der Waals surface area contributed by atoms with Crippen molar-refractivity contribution >= 4 is 12.6 Å². The topological polar surface area (TPSA) is 35.2 Å². The van der Waals surface area contributed by atoms with E-state index in [9.17, 15) is 0 Å². The van der Waals surface area contributed by atoms with Gasteiger partial charge in [0.15, 0.2) is 0 Å². The van der Waals surface area contributed by atoms with E-state index in [2.05, 4.69) is 39.5 Å². The average molecular weight is 239 g/mol. The molecule has 0 aliphatic rings. The first kappa shape index (κ1) is 13.4. The van der Waals surface area contributed by atoms with Crippen molar-refractivity contribution in [2.24, 2.45) is 5.73 Å². The number of aryl methyl sites for hydroxylation is 1. The molecule has 0 aliphatic heterocycles. The zero-order chi connectivity index (χ0) is 12.3. The normalized spacial score (nSPS) is 12.6. The molecule has 90 valence electrons. The van der Waals surface area contributed by atoms with Crippen LogP contribution in [0.15, 0.2) is 6.07 Å². The second-order valence-electron chi connectivity index (χ2n) is 4.18. The number of thiol groups is 1. The summed E-state index contributed by atoms with van der Waals surface area (Å²) in [7, 11) is 1.70. The molecule has 2 nitrogen and oxygen atoms in total. The van der Waals surface area contributed by atoms with Gasteiger partial charge in [-0.25, -0.2) is 0 Å². The van der Waals surface area contributed by atoms with Crippen LogP contribution in [0.2, 0.25) is 0 Å². The zero-order valence-electron chi connectivity index (χ0n) is 10.5. The van der Waals surface area contributed by atoms with E-state index in [-0.39, 0.29) is 6.04 Å². The van der Waals surface area contributed by atoms with Crippen molar-refractivity contribution in [2.75, 3.05) is 12.9 Å². The Morgan fingerprint density at radius 2 is 1.94 bits per heavy atom. The number of hydrogen-bond acceptors (Lipinski definition) is 3. The van der Waals surface area contributed by atoms with Gasteiger partial charge in [-0.15, -0.1) is 0 Å². The SMILES string of the molecule is COc1cc(C)c(C(N)CCS)c(C)c1C. The van der Waals surface area contributed by atoms with E-state index in [1.54, 1.807) is 7.11 Å². The van der Waals surface area contributed by atoms with Gasteiger partial charge >= 0.3 is 0 Å². The van der Waals surface area contributed by atoms with Crippen molar-refractivity contribution in [1.29, 1.82) is 0 Å². The lowest BCUT2D eigenvalue weighted by molar-refractivity contribution is 0.410. The monoisotopic (exact) mass is 239 g/mol. The van der Waals surface area contributed by atoms with E-state index in [0.717, 1.165) is 17.9 Å². The van der Waals surface area contributed by atoms with Crippen LogP contribution in [0.3, 0.4) is 0 Å². The molecule has 0 saturated heterocycles. The van der Waals surface area contributed by atoms with Crippen molar-refractivity contribution in [2.45, 2.75) is 33.2 Å². The van der Waals surface area contributed by atoms with Gasteiger partial charge in [-0.3, -0.25) is 0 Å². The summed E-state index contributed by atoms with van der Waals surface area (Å²) in [5.41, 5.74) is 11.0. The molecule has 0 radical (unpaired) electrons. The predicted octanol–water partition coefficient (Wildman–Crippen LogP) is 2.94. The average Bonchev–Trinajstić information content (AvgIpc) is 2.24. The molecule has 1 atom stereocenters. The molecule has 0 heterocycles. The van der Waals surface area contributed by atoms with Crippen LogP contribution in [0.5, 0.6) is 5.75 Å². The van der Waals surface area contributed by atoms with E-state index in [4.69, 9.17) is 10.5 Å². The highest BCUT2D eigenvalue weighted by molar-refractivity contribution is 7.80. The van der Waals surface area contributed by atoms with Gasteiger partial charge in [-0.2, -0.15) is 12.6 Å². The van der Waals surface area contributed by atoms with Crippen LogP contribution in [-0.2, 0) is 0 Å². The standard InChI is InChI=1S/C13H21NOS/c1-8-7-12(15-4)9(2)10(3)13(8)11(14)5-6-16/h7,11,16H,5-6,14H2,1-4H3. The smallest absolute Gasteiger partial charge is 0.122 e. The van der Waals surface area contributed by atoms with E-state index < -0.39 is 0 Å². The largest absolute Gasteiger partial charge is 0.496 e. The fraction of sp³-hybridized carbons (Fsp3) is 0.538. The van der Waals surface area contributed by atoms with Crippen molar-refractivity contribution in [3.8, 4) is 5.75 Å². The minimum absolute atomic E-state index is 0.0714. The third kappa shape index (κ3) is 2.53. The van der Waals surface area contributed by atoms with Crippen LogP contribution >= 0.6 is 12.6 Å². The Bertz CT molecular complexity index is 377. The molecule has 0 amide bonds. The summed E-state index contributed by atoms with van der Waals surface area (Å²) in [6.45, 7) is 6.27. The van der Waals surface area contributed by atoms with Crippen LogP contribution in [0, 0.1) is 20.8 Å². The first-order valence-electron chi connectivity index (χ1n) is 5.54. The van der Waals surface area contributed by atoms with Crippen LogP contribution < -0.4 is 10.5 Å². The second kappa shape index (κ2) is 5.60. The molecule has 0 aromatic heterocycles. The number of methoxy groups -OCH3 is 1. The summed E-state index contributed by atoms with van der Waals surface area (Å²) in [6, 6.07) is 2.14. The molecule has 0 bridgehead atoms. The Kier molecular flexibility index (Phi) is 4.69. The highest BCUT2D eigenvalue weighted by Crippen LogP contribution is 2.31.